The second-order valence-electron chi connectivity index (χ2n) is 9.25. The molecule has 0 bridgehead atoms. The standard InChI is InChI=1S/C28H23F2N7O/c1-28(2,14-31)17-6-3-5-16(13-17)27(38)36-21-9-8-20(29)24(22(21)30)37-26-18(7-4-11-32-26)23-19-10-12-33-25(19)35-15-34-23/h3-13,15,23,33H,1-2H3,(H,32,37)(H,34,35)(H,36,38). The van der Waals surface area contributed by atoms with Crippen LogP contribution in [0.5, 0.6) is 0 Å². The third-order valence-corrected chi connectivity index (χ3v) is 6.35. The molecule has 1 aliphatic rings. The van der Waals surface area contributed by atoms with Gasteiger partial charge in [-0.05, 0) is 55.8 Å². The van der Waals surface area contributed by atoms with E-state index < -0.39 is 34.7 Å². The highest BCUT2D eigenvalue weighted by atomic mass is 19.1. The number of aromatic amines is 1. The van der Waals surface area contributed by atoms with Crippen molar-refractivity contribution in [3.05, 3.63) is 101 Å². The molecule has 0 aliphatic carbocycles. The van der Waals surface area contributed by atoms with E-state index in [0.717, 1.165) is 23.5 Å². The lowest BCUT2D eigenvalue weighted by atomic mass is 9.85. The van der Waals surface area contributed by atoms with Crippen molar-refractivity contribution in [3.8, 4) is 6.07 Å². The summed E-state index contributed by atoms with van der Waals surface area (Å²) in [5.74, 6) is -1.45. The first-order chi connectivity index (χ1) is 18.3. The molecule has 4 N–H and O–H groups in total. The normalized spacial score (nSPS) is 14.2. The van der Waals surface area contributed by atoms with Crippen LogP contribution in [0.15, 0.2) is 72.0 Å². The molecule has 0 fully saturated rings. The Hall–Kier alpha value is -5.04. The van der Waals surface area contributed by atoms with Crippen LogP contribution in [0.1, 0.15) is 46.9 Å². The number of rotatable bonds is 6. The van der Waals surface area contributed by atoms with Gasteiger partial charge in [-0.2, -0.15) is 5.26 Å². The minimum atomic E-state index is -0.986. The minimum Gasteiger partial charge on any atom is -0.348 e. The molecule has 0 saturated heterocycles. The fourth-order valence-electron chi connectivity index (χ4n) is 4.17. The molecule has 38 heavy (non-hydrogen) atoms. The zero-order chi connectivity index (χ0) is 26.9. The van der Waals surface area contributed by atoms with Crippen LogP contribution >= 0.6 is 0 Å². The van der Waals surface area contributed by atoms with Crippen molar-refractivity contribution < 1.29 is 13.6 Å². The molecule has 10 heteroatoms. The number of hydrogen-bond acceptors (Lipinski definition) is 6. The number of nitriles is 1. The lowest BCUT2D eigenvalue weighted by Crippen LogP contribution is -2.18. The van der Waals surface area contributed by atoms with Gasteiger partial charge in [-0.1, -0.05) is 18.2 Å². The molecular weight excluding hydrogens is 488 g/mol. The van der Waals surface area contributed by atoms with Crippen molar-refractivity contribution in [1.29, 1.82) is 5.26 Å². The number of amides is 1. The van der Waals surface area contributed by atoms with Crippen LogP contribution in [0, 0.1) is 23.0 Å². The predicted octanol–water partition coefficient (Wildman–Crippen LogP) is 6.03. The molecule has 1 aliphatic heterocycles. The summed E-state index contributed by atoms with van der Waals surface area (Å²) in [6, 6.07) is 15.8. The number of halogens is 2. The zero-order valence-corrected chi connectivity index (χ0v) is 20.5. The van der Waals surface area contributed by atoms with Gasteiger partial charge < -0.3 is 20.9 Å². The molecule has 3 heterocycles. The van der Waals surface area contributed by atoms with Gasteiger partial charge in [-0.15, -0.1) is 0 Å². The van der Waals surface area contributed by atoms with Crippen LogP contribution in [-0.4, -0.2) is 22.2 Å². The number of carbonyl (C=O) groups excluding carboxylic acids is 1. The van der Waals surface area contributed by atoms with Crippen LogP contribution in [0.25, 0.3) is 0 Å². The van der Waals surface area contributed by atoms with Gasteiger partial charge in [-0.25, -0.2) is 13.8 Å². The smallest absolute Gasteiger partial charge is 0.255 e. The van der Waals surface area contributed by atoms with E-state index in [0.29, 0.717) is 11.1 Å². The average molecular weight is 512 g/mol. The molecule has 8 nitrogen and oxygen atoms in total. The number of hydrogen-bond donors (Lipinski definition) is 4. The van der Waals surface area contributed by atoms with Crippen LogP contribution in [-0.2, 0) is 5.41 Å². The second-order valence-corrected chi connectivity index (χ2v) is 9.25. The number of benzene rings is 2. The van der Waals surface area contributed by atoms with Crippen LogP contribution in [0.2, 0.25) is 0 Å². The van der Waals surface area contributed by atoms with Crippen molar-refractivity contribution >= 4 is 35.3 Å². The van der Waals surface area contributed by atoms with E-state index in [4.69, 9.17) is 0 Å². The van der Waals surface area contributed by atoms with Crippen LogP contribution < -0.4 is 16.0 Å². The fourth-order valence-corrected chi connectivity index (χ4v) is 4.17. The van der Waals surface area contributed by atoms with Crippen molar-refractivity contribution in [2.75, 3.05) is 16.0 Å². The fraction of sp³-hybridized carbons (Fsp3) is 0.143. The third kappa shape index (κ3) is 4.57. The minimum absolute atomic E-state index is 0.214. The van der Waals surface area contributed by atoms with Gasteiger partial charge in [-0.3, -0.25) is 9.79 Å². The zero-order valence-electron chi connectivity index (χ0n) is 20.5. The summed E-state index contributed by atoms with van der Waals surface area (Å²) in [4.78, 5) is 24.8. The second kappa shape index (κ2) is 9.78. The number of nitrogens with zero attached hydrogens (tertiary/aromatic N) is 3. The molecule has 0 radical (unpaired) electrons. The van der Waals surface area contributed by atoms with Gasteiger partial charge >= 0.3 is 0 Å². The highest BCUT2D eigenvalue weighted by Crippen LogP contribution is 2.38. The van der Waals surface area contributed by atoms with E-state index in [1.54, 1.807) is 62.8 Å². The molecular formula is C28H23F2N7O. The first-order valence-corrected chi connectivity index (χ1v) is 11.8. The molecule has 2 aromatic heterocycles. The van der Waals surface area contributed by atoms with Crippen molar-refractivity contribution in [2.45, 2.75) is 25.3 Å². The van der Waals surface area contributed by atoms with Gasteiger partial charge in [0, 0.05) is 29.1 Å². The number of pyridine rings is 1. The summed E-state index contributed by atoms with van der Waals surface area (Å²) in [7, 11) is 0. The van der Waals surface area contributed by atoms with Gasteiger partial charge in [0.25, 0.3) is 5.91 Å². The highest BCUT2D eigenvalue weighted by molar-refractivity contribution is 6.04. The maximum atomic E-state index is 15.5. The number of H-pyrrole nitrogens is 1. The molecule has 5 rings (SSSR count). The molecule has 4 aromatic rings. The molecule has 190 valence electrons. The van der Waals surface area contributed by atoms with E-state index in [2.05, 4.69) is 37.0 Å². The first kappa shape index (κ1) is 24.6. The largest absolute Gasteiger partial charge is 0.348 e. The number of aromatic nitrogens is 2. The predicted molar refractivity (Wildman–Crippen MR) is 142 cm³/mol. The summed E-state index contributed by atoms with van der Waals surface area (Å²) in [6.45, 7) is 3.47. The maximum Gasteiger partial charge on any atom is 0.255 e. The molecule has 0 saturated carbocycles. The third-order valence-electron chi connectivity index (χ3n) is 6.35. The lowest BCUT2D eigenvalue weighted by Gasteiger charge is -2.21. The van der Waals surface area contributed by atoms with Crippen LogP contribution in [0.4, 0.5) is 31.8 Å². The number of anilines is 4. The van der Waals surface area contributed by atoms with Gasteiger partial charge in [0.05, 0.1) is 23.5 Å². The Kier molecular flexibility index (Phi) is 6.34. The molecule has 1 unspecified atom stereocenters. The quantitative estimate of drug-likeness (QED) is 0.252. The van der Waals surface area contributed by atoms with E-state index in [1.165, 1.54) is 6.20 Å². The number of fused-ring (bicyclic) bond motifs is 1. The number of aliphatic imine (C=N–C) groups is 1. The van der Waals surface area contributed by atoms with Crippen molar-refractivity contribution in [2.24, 2.45) is 4.99 Å². The topological polar surface area (TPSA) is 118 Å². The summed E-state index contributed by atoms with van der Waals surface area (Å²) < 4.78 is 30.4. The van der Waals surface area contributed by atoms with E-state index in [1.807, 2.05) is 6.07 Å². The lowest BCUT2D eigenvalue weighted by molar-refractivity contribution is 0.102. The summed E-state index contributed by atoms with van der Waals surface area (Å²) in [5, 5.41) is 17.7. The molecule has 0 spiro atoms. The van der Waals surface area contributed by atoms with Crippen molar-refractivity contribution in [3.63, 3.8) is 0 Å². The van der Waals surface area contributed by atoms with Gasteiger partial charge in [0.1, 0.15) is 29.2 Å². The maximum absolute atomic E-state index is 15.5. The average Bonchev–Trinajstić information content (AvgIpc) is 3.42. The Morgan fingerprint density at radius 3 is 2.76 bits per heavy atom. The van der Waals surface area contributed by atoms with E-state index in [9.17, 15) is 14.4 Å². The number of nitrogens with one attached hydrogen (secondary N) is 4. The van der Waals surface area contributed by atoms with Crippen molar-refractivity contribution in [1.82, 2.24) is 9.97 Å². The SMILES string of the molecule is CC(C)(C#N)c1cccc(C(=O)Nc2ccc(F)c(Nc3ncccc3C3N=CNc4[nH]ccc43)c2F)c1. The first-order valence-electron chi connectivity index (χ1n) is 11.8. The highest BCUT2D eigenvalue weighted by Gasteiger charge is 2.25. The molecule has 1 amide bonds. The van der Waals surface area contributed by atoms with Gasteiger partial charge in [0.15, 0.2) is 5.82 Å². The Morgan fingerprint density at radius 1 is 1.11 bits per heavy atom. The Labute approximate surface area is 217 Å². The number of carbonyl (C=O) groups is 1. The summed E-state index contributed by atoms with van der Waals surface area (Å²) in [6.07, 6.45) is 4.82. The Bertz CT molecular complexity index is 1600. The Balaban J connectivity index is 1.44. The molecule has 2 aromatic carbocycles. The van der Waals surface area contributed by atoms with Crippen LogP contribution in [0.3, 0.4) is 0 Å². The van der Waals surface area contributed by atoms with Gasteiger partial charge in [0.2, 0.25) is 0 Å². The Morgan fingerprint density at radius 2 is 1.95 bits per heavy atom. The monoisotopic (exact) mass is 511 g/mol. The van der Waals surface area contributed by atoms with E-state index >= 15 is 4.39 Å². The summed E-state index contributed by atoms with van der Waals surface area (Å²) in [5.41, 5.74) is 0.853. The summed E-state index contributed by atoms with van der Waals surface area (Å²) >= 11 is 0. The van der Waals surface area contributed by atoms with E-state index in [-0.39, 0.29) is 17.1 Å². The molecule has 1 atom stereocenters.